The van der Waals surface area contributed by atoms with E-state index in [9.17, 15) is 0 Å². The molecule has 0 heterocycles. The fourth-order valence-electron chi connectivity index (χ4n) is 2.69. The zero-order valence-corrected chi connectivity index (χ0v) is 12.9. The molecule has 0 spiro atoms. The molecule has 0 bridgehead atoms. The third-order valence-electron chi connectivity index (χ3n) is 4.25. The predicted octanol–water partition coefficient (Wildman–Crippen LogP) is 5.95. The van der Waals surface area contributed by atoms with E-state index in [2.05, 4.69) is 87.5 Å². The van der Waals surface area contributed by atoms with Crippen LogP contribution in [0.3, 0.4) is 0 Å². The Bertz CT molecular complexity index is 727. The van der Waals surface area contributed by atoms with Gasteiger partial charge >= 0.3 is 0 Å². The zero-order valence-electron chi connectivity index (χ0n) is 12.9. The van der Waals surface area contributed by atoms with Crippen molar-refractivity contribution in [2.24, 2.45) is 0 Å². The number of benzene rings is 3. The van der Waals surface area contributed by atoms with E-state index < -0.39 is 0 Å². The highest BCUT2D eigenvalue weighted by molar-refractivity contribution is 5.71. The van der Waals surface area contributed by atoms with Crippen LogP contribution in [0.1, 0.15) is 16.7 Å². The van der Waals surface area contributed by atoms with Crippen LogP contribution in [0, 0.1) is 20.8 Å². The van der Waals surface area contributed by atoms with Crippen molar-refractivity contribution in [1.29, 1.82) is 0 Å². The third kappa shape index (κ3) is 2.75. The van der Waals surface area contributed by atoms with Crippen molar-refractivity contribution in [3.63, 3.8) is 0 Å². The summed E-state index contributed by atoms with van der Waals surface area (Å²) >= 11 is 0. The van der Waals surface area contributed by atoms with E-state index in [-0.39, 0.29) is 0 Å². The van der Waals surface area contributed by atoms with Crippen molar-refractivity contribution in [1.82, 2.24) is 0 Å². The van der Waals surface area contributed by atoms with E-state index in [1.165, 1.54) is 38.9 Å². The summed E-state index contributed by atoms with van der Waals surface area (Å²) in [7, 11) is 0. The van der Waals surface area contributed by atoms with Gasteiger partial charge in [0, 0.05) is 0 Å². The molecule has 0 aliphatic rings. The lowest BCUT2D eigenvalue weighted by Crippen LogP contribution is -1.88. The monoisotopic (exact) mass is 272 g/mol. The Labute approximate surface area is 127 Å². The molecule has 0 N–H and O–H groups in total. The van der Waals surface area contributed by atoms with Gasteiger partial charge in [0.05, 0.1) is 0 Å². The second-order valence-corrected chi connectivity index (χ2v) is 5.68. The van der Waals surface area contributed by atoms with Gasteiger partial charge in [0.25, 0.3) is 0 Å². The van der Waals surface area contributed by atoms with Crippen LogP contribution in [-0.2, 0) is 0 Å². The third-order valence-corrected chi connectivity index (χ3v) is 4.25. The predicted molar refractivity (Wildman–Crippen MR) is 91.5 cm³/mol. The Kier molecular flexibility index (Phi) is 3.62. The molecule has 0 heteroatoms. The zero-order chi connectivity index (χ0) is 14.8. The van der Waals surface area contributed by atoms with E-state index in [4.69, 9.17) is 0 Å². The van der Waals surface area contributed by atoms with Gasteiger partial charge in [-0.2, -0.15) is 0 Å². The maximum Gasteiger partial charge on any atom is -0.0179 e. The molecule has 0 atom stereocenters. The van der Waals surface area contributed by atoms with Gasteiger partial charge in [0.15, 0.2) is 0 Å². The fourth-order valence-corrected chi connectivity index (χ4v) is 2.69. The van der Waals surface area contributed by atoms with Gasteiger partial charge in [0.2, 0.25) is 0 Å². The lowest BCUT2D eigenvalue weighted by atomic mass is 9.95. The number of rotatable bonds is 2. The summed E-state index contributed by atoms with van der Waals surface area (Å²) in [5, 5.41) is 0. The maximum atomic E-state index is 2.28. The van der Waals surface area contributed by atoms with Crippen molar-refractivity contribution in [3.8, 4) is 22.3 Å². The summed E-state index contributed by atoms with van der Waals surface area (Å²) in [5.74, 6) is 0. The van der Waals surface area contributed by atoms with E-state index in [0.29, 0.717) is 0 Å². The van der Waals surface area contributed by atoms with Gasteiger partial charge in [-0.05, 0) is 59.7 Å². The summed E-state index contributed by atoms with van der Waals surface area (Å²) in [6.07, 6.45) is 0. The van der Waals surface area contributed by atoms with Crippen LogP contribution in [-0.4, -0.2) is 0 Å². The minimum Gasteiger partial charge on any atom is -0.0622 e. The van der Waals surface area contributed by atoms with E-state index in [0.717, 1.165) is 0 Å². The summed E-state index contributed by atoms with van der Waals surface area (Å²) in [5.41, 5.74) is 9.21. The molecular formula is C21H20. The summed E-state index contributed by atoms with van der Waals surface area (Å²) in [4.78, 5) is 0. The molecule has 3 aromatic rings. The van der Waals surface area contributed by atoms with Crippen molar-refractivity contribution in [2.75, 3.05) is 0 Å². The van der Waals surface area contributed by atoms with Crippen molar-refractivity contribution < 1.29 is 0 Å². The van der Waals surface area contributed by atoms with Crippen molar-refractivity contribution in [2.45, 2.75) is 20.8 Å². The Morgan fingerprint density at radius 1 is 0.476 bits per heavy atom. The van der Waals surface area contributed by atoms with Gasteiger partial charge < -0.3 is 0 Å². The van der Waals surface area contributed by atoms with E-state index in [1.54, 1.807) is 0 Å². The van der Waals surface area contributed by atoms with E-state index >= 15 is 0 Å². The highest BCUT2D eigenvalue weighted by atomic mass is 14.1. The largest absolute Gasteiger partial charge is 0.0622 e. The summed E-state index contributed by atoms with van der Waals surface area (Å²) in [6.45, 7) is 6.56. The minimum absolute atomic E-state index is 1.26. The molecule has 0 saturated carbocycles. The molecule has 21 heavy (non-hydrogen) atoms. The highest BCUT2D eigenvalue weighted by Gasteiger charge is 2.04. The fraction of sp³-hybridized carbons (Fsp3) is 0.143. The second-order valence-electron chi connectivity index (χ2n) is 5.68. The number of hydrogen-bond donors (Lipinski definition) is 0. The lowest BCUT2D eigenvalue weighted by Gasteiger charge is -2.10. The van der Waals surface area contributed by atoms with Gasteiger partial charge in [0.1, 0.15) is 0 Å². The standard InChI is InChI=1S/C21H20/c1-15-13-21(14-16(2)17(15)3)20-11-9-19(10-12-20)18-7-5-4-6-8-18/h4-14H,1-3H3. The first kappa shape index (κ1) is 13.6. The lowest BCUT2D eigenvalue weighted by molar-refractivity contribution is 1.27. The second kappa shape index (κ2) is 5.57. The Hall–Kier alpha value is -2.34. The molecule has 104 valence electrons. The van der Waals surface area contributed by atoms with Gasteiger partial charge in [-0.3, -0.25) is 0 Å². The van der Waals surface area contributed by atoms with Crippen molar-refractivity contribution >= 4 is 0 Å². The van der Waals surface area contributed by atoms with E-state index in [1.807, 2.05) is 0 Å². The molecule has 0 fully saturated rings. The summed E-state index contributed by atoms with van der Waals surface area (Å²) < 4.78 is 0. The quantitative estimate of drug-likeness (QED) is 0.541. The van der Waals surface area contributed by atoms with Gasteiger partial charge in [-0.15, -0.1) is 0 Å². The molecule has 0 aromatic heterocycles. The Morgan fingerprint density at radius 3 is 1.43 bits per heavy atom. The molecule has 0 nitrogen and oxygen atoms in total. The van der Waals surface area contributed by atoms with Gasteiger partial charge in [-0.1, -0.05) is 66.7 Å². The number of hydrogen-bond acceptors (Lipinski definition) is 0. The van der Waals surface area contributed by atoms with Crippen LogP contribution in [0.4, 0.5) is 0 Å². The molecular weight excluding hydrogens is 252 g/mol. The molecule has 0 unspecified atom stereocenters. The molecule has 0 radical (unpaired) electrons. The van der Waals surface area contributed by atoms with Gasteiger partial charge in [-0.25, -0.2) is 0 Å². The smallest absolute Gasteiger partial charge is 0.0179 e. The first-order valence-electron chi connectivity index (χ1n) is 7.39. The molecule has 0 amide bonds. The van der Waals surface area contributed by atoms with Crippen LogP contribution < -0.4 is 0 Å². The first-order valence-corrected chi connectivity index (χ1v) is 7.39. The maximum absolute atomic E-state index is 2.28. The van der Waals surface area contributed by atoms with Crippen LogP contribution in [0.5, 0.6) is 0 Å². The average molecular weight is 272 g/mol. The first-order chi connectivity index (χ1) is 10.1. The SMILES string of the molecule is Cc1cc(-c2ccc(-c3ccccc3)cc2)cc(C)c1C. The normalized spacial score (nSPS) is 10.6. The van der Waals surface area contributed by atoms with Crippen molar-refractivity contribution in [3.05, 3.63) is 83.4 Å². The average Bonchev–Trinajstić information content (AvgIpc) is 2.53. The molecule has 3 aromatic carbocycles. The molecule has 0 aliphatic heterocycles. The Morgan fingerprint density at radius 2 is 0.905 bits per heavy atom. The summed E-state index contributed by atoms with van der Waals surface area (Å²) in [6, 6.07) is 23.9. The van der Waals surface area contributed by atoms with Crippen LogP contribution in [0.2, 0.25) is 0 Å². The van der Waals surface area contributed by atoms with Crippen LogP contribution in [0.25, 0.3) is 22.3 Å². The molecule has 0 aliphatic carbocycles. The Balaban J connectivity index is 1.98. The minimum atomic E-state index is 1.26. The number of aryl methyl sites for hydroxylation is 2. The highest BCUT2D eigenvalue weighted by Crippen LogP contribution is 2.27. The van der Waals surface area contributed by atoms with Crippen LogP contribution in [0.15, 0.2) is 66.7 Å². The topological polar surface area (TPSA) is 0 Å². The molecule has 3 rings (SSSR count). The molecule has 0 saturated heterocycles. The van der Waals surface area contributed by atoms with Crippen LogP contribution >= 0.6 is 0 Å².